The molecule has 0 aromatic heterocycles. The highest BCUT2D eigenvalue weighted by molar-refractivity contribution is 7.92. The number of ether oxygens (including phenoxy) is 1. The van der Waals surface area contributed by atoms with Gasteiger partial charge < -0.3 is 10.1 Å². The third-order valence-corrected chi connectivity index (χ3v) is 6.09. The van der Waals surface area contributed by atoms with E-state index in [2.05, 4.69) is 5.32 Å². The molecule has 1 N–H and O–H groups in total. The van der Waals surface area contributed by atoms with Gasteiger partial charge in [0.1, 0.15) is 18.9 Å². The van der Waals surface area contributed by atoms with Crippen LogP contribution in [0.4, 0.5) is 18.9 Å². The Morgan fingerprint density at radius 1 is 1.06 bits per heavy atom. The number of rotatable bonds is 8. The molecule has 0 bridgehead atoms. The van der Waals surface area contributed by atoms with Crippen LogP contribution in [0.2, 0.25) is 5.02 Å². The summed E-state index contributed by atoms with van der Waals surface area (Å²) in [6.45, 7) is -0.581. The molecular weight excluding hydrogens is 481 g/mol. The fourth-order valence-electron chi connectivity index (χ4n) is 3.06. The van der Waals surface area contributed by atoms with Gasteiger partial charge in [0.2, 0.25) is 15.9 Å². The SMILES string of the molecule is CS(=O)(=O)N(CC(=O)NCCOc1ccc2ccccc2c1)c1cc(C(F)(F)F)ccc1Cl. The standard InChI is InChI=1S/C22H20ClF3N2O4S/c1-33(30,31)28(20-13-17(22(24,25)26)7-9-19(20)23)14-21(29)27-10-11-32-18-8-6-15-4-2-3-5-16(15)12-18/h2-9,12-13H,10-11,14H2,1H3,(H,27,29). The van der Waals surface area contributed by atoms with E-state index in [1.54, 1.807) is 6.07 Å². The van der Waals surface area contributed by atoms with Gasteiger partial charge in [-0.1, -0.05) is 41.9 Å². The average molecular weight is 501 g/mol. The molecular formula is C22H20ClF3N2O4S. The molecule has 3 aromatic rings. The van der Waals surface area contributed by atoms with E-state index < -0.39 is 39.9 Å². The van der Waals surface area contributed by atoms with Gasteiger partial charge in [-0.05, 0) is 41.1 Å². The number of sulfonamides is 1. The third kappa shape index (κ3) is 6.52. The van der Waals surface area contributed by atoms with Gasteiger partial charge in [0.05, 0.1) is 29.1 Å². The first-order valence-corrected chi connectivity index (χ1v) is 11.9. The Balaban J connectivity index is 1.63. The topological polar surface area (TPSA) is 75.7 Å². The minimum atomic E-state index is -4.70. The second-order valence-corrected chi connectivity index (χ2v) is 9.45. The molecule has 0 atom stereocenters. The first-order valence-electron chi connectivity index (χ1n) is 9.68. The van der Waals surface area contributed by atoms with Crippen molar-refractivity contribution in [3.63, 3.8) is 0 Å². The van der Waals surface area contributed by atoms with Crippen molar-refractivity contribution in [3.05, 3.63) is 71.2 Å². The number of anilines is 1. The number of carbonyl (C=O) groups excluding carboxylic acids is 1. The molecule has 0 saturated heterocycles. The third-order valence-electron chi connectivity index (χ3n) is 4.64. The van der Waals surface area contributed by atoms with E-state index >= 15 is 0 Å². The second kappa shape index (κ2) is 9.88. The summed E-state index contributed by atoms with van der Waals surface area (Å²) in [4.78, 5) is 12.3. The first kappa shape index (κ1) is 24.7. The van der Waals surface area contributed by atoms with Gasteiger partial charge in [-0.15, -0.1) is 0 Å². The monoisotopic (exact) mass is 500 g/mol. The molecule has 11 heteroatoms. The lowest BCUT2D eigenvalue weighted by molar-refractivity contribution is -0.137. The van der Waals surface area contributed by atoms with Crippen molar-refractivity contribution in [2.75, 3.05) is 30.3 Å². The number of carbonyl (C=O) groups is 1. The van der Waals surface area contributed by atoms with Crippen molar-refractivity contribution < 1.29 is 31.1 Å². The number of halogens is 4. The van der Waals surface area contributed by atoms with E-state index in [4.69, 9.17) is 16.3 Å². The zero-order valence-electron chi connectivity index (χ0n) is 17.4. The smallest absolute Gasteiger partial charge is 0.416 e. The molecule has 3 aromatic carbocycles. The number of fused-ring (bicyclic) bond motifs is 1. The summed E-state index contributed by atoms with van der Waals surface area (Å²) < 4.78 is 69.6. The van der Waals surface area contributed by atoms with E-state index in [9.17, 15) is 26.4 Å². The molecule has 0 aliphatic heterocycles. The molecule has 0 radical (unpaired) electrons. The minimum Gasteiger partial charge on any atom is -0.492 e. The number of amides is 1. The summed E-state index contributed by atoms with van der Waals surface area (Å²) in [6, 6.07) is 15.5. The lowest BCUT2D eigenvalue weighted by atomic mass is 10.1. The summed E-state index contributed by atoms with van der Waals surface area (Å²) in [7, 11) is -4.10. The lowest BCUT2D eigenvalue weighted by Gasteiger charge is -2.24. The average Bonchev–Trinajstić information content (AvgIpc) is 2.74. The zero-order valence-corrected chi connectivity index (χ0v) is 19.0. The number of hydrogen-bond acceptors (Lipinski definition) is 4. The predicted molar refractivity (Wildman–Crippen MR) is 121 cm³/mol. The largest absolute Gasteiger partial charge is 0.492 e. The maximum atomic E-state index is 13.0. The van der Waals surface area contributed by atoms with Crippen LogP contribution in [0.5, 0.6) is 5.75 Å². The summed E-state index contributed by atoms with van der Waals surface area (Å²) in [5, 5.41) is 4.29. The minimum absolute atomic E-state index is 0.0551. The summed E-state index contributed by atoms with van der Waals surface area (Å²) in [6.07, 6.45) is -3.93. The predicted octanol–water partition coefficient (Wildman–Crippen LogP) is 4.47. The van der Waals surface area contributed by atoms with Crippen LogP contribution in [0, 0.1) is 0 Å². The van der Waals surface area contributed by atoms with Gasteiger partial charge >= 0.3 is 6.18 Å². The molecule has 0 heterocycles. The maximum Gasteiger partial charge on any atom is 0.416 e. The molecule has 3 rings (SSSR count). The summed E-state index contributed by atoms with van der Waals surface area (Å²) in [5.41, 5.74) is -1.52. The summed E-state index contributed by atoms with van der Waals surface area (Å²) in [5.74, 6) is -0.132. The van der Waals surface area contributed by atoms with E-state index in [-0.39, 0.29) is 18.2 Å². The molecule has 0 aliphatic carbocycles. The van der Waals surface area contributed by atoms with Crippen LogP contribution in [-0.2, 0) is 21.0 Å². The van der Waals surface area contributed by atoms with Crippen LogP contribution >= 0.6 is 11.6 Å². The van der Waals surface area contributed by atoms with Gasteiger partial charge in [0, 0.05) is 0 Å². The van der Waals surface area contributed by atoms with Crippen molar-refractivity contribution in [1.82, 2.24) is 5.32 Å². The number of alkyl halides is 3. The quantitative estimate of drug-likeness (QED) is 0.463. The van der Waals surface area contributed by atoms with Crippen LogP contribution in [0.3, 0.4) is 0 Å². The number of nitrogens with zero attached hydrogens (tertiary/aromatic N) is 1. The number of benzene rings is 3. The fraction of sp³-hybridized carbons (Fsp3) is 0.227. The van der Waals surface area contributed by atoms with Crippen molar-refractivity contribution in [1.29, 1.82) is 0 Å². The normalized spacial score (nSPS) is 11.9. The molecule has 0 fully saturated rings. The van der Waals surface area contributed by atoms with Gasteiger partial charge in [0.25, 0.3) is 0 Å². The van der Waals surface area contributed by atoms with Crippen molar-refractivity contribution in [3.8, 4) is 5.75 Å². The Hall–Kier alpha value is -2.98. The lowest BCUT2D eigenvalue weighted by Crippen LogP contribution is -2.41. The Labute approximate surface area is 194 Å². The van der Waals surface area contributed by atoms with Crippen LogP contribution in [-0.4, -0.2) is 40.3 Å². The first-order chi connectivity index (χ1) is 15.4. The molecule has 0 aliphatic rings. The Kier molecular flexibility index (Phi) is 7.38. The second-order valence-electron chi connectivity index (χ2n) is 7.14. The van der Waals surface area contributed by atoms with Crippen molar-refractivity contribution in [2.24, 2.45) is 0 Å². The van der Waals surface area contributed by atoms with Crippen LogP contribution in [0.25, 0.3) is 10.8 Å². The Morgan fingerprint density at radius 3 is 2.42 bits per heavy atom. The molecule has 33 heavy (non-hydrogen) atoms. The van der Waals surface area contributed by atoms with Crippen LogP contribution in [0.15, 0.2) is 60.7 Å². The van der Waals surface area contributed by atoms with Crippen LogP contribution in [0.1, 0.15) is 5.56 Å². The van der Waals surface area contributed by atoms with Gasteiger partial charge in [-0.2, -0.15) is 13.2 Å². The molecule has 0 unspecified atom stereocenters. The van der Waals surface area contributed by atoms with E-state index in [1.165, 1.54) is 0 Å². The highest BCUT2D eigenvalue weighted by atomic mass is 35.5. The van der Waals surface area contributed by atoms with Gasteiger partial charge in [-0.3, -0.25) is 9.10 Å². The fourth-order valence-corrected chi connectivity index (χ4v) is 4.19. The number of nitrogens with one attached hydrogen (secondary N) is 1. The van der Waals surface area contributed by atoms with Crippen molar-refractivity contribution in [2.45, 2.75) is 6.18 Å². The number of hydrogen-bond donors (Lipinski definition) is 1. The van der Waals surface area contributed by atoms with E-state index in [1.807, 2.05) is 36.4 Å². The highest BCUT2D eigenvalue weighted by Gasteiger charge is 2.33. The van der Waals surface area contributed by atoms with Crippen LogP contribution < -0.4 is 14.4 Å². The maximum absolute atomic E-state index is 13.0. The van der Waals surface area contributed by atoms with E-state index in [0.717, 1.165) is 29.2 Å². The highest BCUT2D eigenvalue weighted by Crippen LogP contribution is 2.36. The summed E-state index contributed by atoms with van der Waals surface area (Å²) >= 11 is 5.94. The molecule has 176 valence electrons. The van der Waals surface area contributed by atoms with Gasteiger partial charge in [0.15, 0.2) is 0 Å². The molecule has 0 saturated carbocycles. The zero-order chi connectivity index (χ0) is 24.2. The van der Waals surface area contributed by atoms with E-state index in [0.29, 0.717) is 16.1 Å². The molecule has 0 spiro atoms. The molecule has 1 amide bonds. The Bertz CT molecular complexity index is 1270. The van der Waals surface area contributed by atoms with Gasteiger partial charge in [-0.25, -0.2) is 8.42 Å². The Morgan fingerprint density at radius 2 is 1.76 bits per heavy atom. The molecule has 6 nitrogen and oxygen atoms in total. The van der Waals surface area contributed by atoms with Crippen molar-refractivity contribution >= 4 is 44.0 Å².